The number of anilines is 2. The van der Waals surface area contributed by atoms with Gasteiger partial charge in [-0.25, -0.2) is 0 Å². The molecule has 6 nitrogen and oxygen atoms in total. The van der Waals surface area contributed by atoms with E-state index in [1.165, 1.54) is 6.92 Å². The summed E-state index contributed by atoms with van der Waals surface area (Å²) >= 11 is 6.08. The predicted octanol–water partition coefficient (Wildman–Crippen LogP) is 3.58. The van der Waals surface area contributed by atoms with Gasteiger partial charge in [-0.05, 0) is 49.7 Å². The van der Waals surface area contributed by atoms with Crippen LogP contribution in [-0.2, 0) is 20.9 Å². The highest BCUT2D eigenvalue weighted by atomic mass is 35.5. The largest absolute Gasteiger partial charge is 0.351 e. The Labute approximate surface area is 163 Å². The number of benzene rings is 2. The predicted molar refractivity (Wildman–Crippen MR) is 106 cm³/mol. The van der Waals surface area contributed by atoms with E-state index in [1.54, 1.807) is 44.2 Å². The molecule has 0 spiro atoms. The van der Waals surface area contributed by atoms with Crippen molar-refractivity contribution in [2.24, 2.45) is 5.41 Å². The van der Waals surface area contributed by atoms with Crippen molar-refractivity contribution in [3.8, 4) is 0 Å². The Morgan fingerprint density at radius 1 is 0.889 bits per heavy atom. The summed E-state index contributed by atoms with van der Waals surface area (Å²) in [6, 6.07) is 13.8. The molecule has 0 unspecified atom stereocenters. The number of nitrogens with one attached hydrogen (secondary N) is 3. The van der Waals surface area contributed by atoms with Crippen LogP contribution in [-0.4, -0.2) is 17.7 Å². The number of carbonyl (C=O) groups excluding carboxylic acids is 3. The van der Waals surface area contributed by atoms with Gasteiger partial charge in [0.25, 0.3) is 0 Å². The summed E-state index contributed by atoms with van der Waals surface area (Å²) in [6.07, 6.45) is 0. The maximum atomic E-state index is 12.5. The first-order valence-electron chi connectivity index (χ1n) is 8.41. The molecule has 0 aliphatic heterocycles. The van der Waals surface area contributed by atoms with Gasteiger partial charge in [-0.1, -0.05) is 29.8 Å². The van der Waals surface area contributed by atoms with Gasteiger partial charge in [0, 0.05) is 29.9 Å². The lowest BCUT2D eigenvalue weighted by molar-refractivity contribution is -0.138. The zero-order valence-electron chi connectivity index (χ0n) is 15.4. The third kappa shape index (κ3) is 5.56. The summed E-state index contributed by atoms with van der Waals surface area (Å²) in [5, 5.41) is 8.66. The molecule has 0 fully saturated rings. The minimum absolute atomic E-state index is 0.178. The fraction of sp³-hybridized carbons (Fsp3) is 0.250. The number of amides is 3. The Balaban J connectivity index is 1.98. The lowest BCUT2D eigenvalue weighted by atomic mass is 9.90. The van der Waals surface area contributed by atoms with Crippen LogP contribution in [0.5, 0.6) is 0 Å². The van der Waals surface area contributed by atoms with E-state index in [4.69, 9.17) is 11.6 Å². The molecule has 2 rings (SSSR count). The highest BCUT2D eigenvalue weighted by Gasteiger charge is 2.36. The molecule has 3 N–H and O–H groups in total. The average molecular weight is 388 g/mol. The molecule has 3 amide bonds. The highest BCUT2D eigenvalue weighted by molar-refractivity contribution is 6.31. The monoisotopic (exact) mass is 387 g/mol. The SMILES string of the molecule is CC(=O)Nc1ccc(NC(=O)C(C)(C)C(=O)NCc2ccccc2Cl)cc1. The third-order valence-electron chi connectivity index (χ3n) is 4.00. The van der Waals surface area contributed by atoms with Crippen LogP contribution in [0, 0.1) is 5.41 Å². The van der Waals surface area contributed by atoms with Crippen LogP contribution >= 0.6 is 11.6 Å². The Kier molecular flexibility index (Phi) is 6.58. The van der Waals surface area contributed by atoms with Crippen LogP contribution in [0.1, 0.15) is 26.3 Å². The molecule has 0 heterocycles. The molecular weight excluding hydrogens is 366 g/mol. The fourth-order valence-corrected chi connectivity index (χ4v) is 2.47. The summed E-state index contributed by atoms with van der Waals surface area (Å²) < 4.78 is 0. The minimum atomic E-state index is -1.28. The highest BCUT2D eigenvalue weighted by Crippen LogP contribution is 2.21. The quantitative estimate of drug-likeness (QED) is 0.662. The van der Waals surface area contributed by atoms with Crippen LogP contribution in [0.25, 0.3) is 0 Å². The van der Waals surface area contributed by atoms with Crippen LogP contribution in [0.4, 0.5) is 11.4 Å². The van der Waals surface area contributed by atoms with Gasteiger partial charge in [0.1, 0.15) is 5.41 Å². The van der Waals surface area contributed by atoms with Crippen LogP contribution in [0.3, 0.4) is 0 Å². The minimum Gasteiger partial charge on any atom is -0.351 e. The second-order valence-electron chi connectivity index (χ2n) is 6.61. The van der Waals surface area contributed by atoms with Gasteiger partial charge in [-0.2, -0.15) is 0 Å². The Hall–Kier alpha value is -2.86. The lowest BCUT2D eigenvalue weighted by Crippen LogP contribution is -2.44. The van der Waals surface area contributed by atoms with Crippen LogP contribution in [0.2, 0.25) is 5.02 Å². The van der Waals surface area contributed by atoms with Gasteiger partial charge in [-0.3, -0.25) is 14.4 Å². The molecule has 27 heavy (non-hydrogen) atoms. The van der Waals surface area contributed by atoms with E-state index in [1.807, 2.05) is 18.2 Å². The molecule has 2 aromatic carbocycles. The first kappa shape index (κ1) is 20.5. The van der Waals surface area contributed by atoms with Crippen molar-refractivity contribution in [1.29, 1.82) is 0 Å². The molecule has 0 aliphatic carbocycles. The van der Waals surface area contributed by atoms with Crippen molar-refractivity contribution in [3.05, 3.63) is 59.1 Å². The normalized spacial score (nSPS) is 10.8. The number of rotatable bonds is 6. The Morgan fingerprint density at radius 3 is 2.00 bits per heavy atom. The van der Waals surface area contributed by atoms with Crippen LogP contribution in [0.15, 0.2) is 48.5 Å². The van der Waals surface area contributed by atoms with E-state index in [-0.39, 0.29) is 12.5 Å². The van der Waals surface area contributed by atoms with Crippen molar-refractivity contribution < 1.29 is 14.4 Å². The first-order chi connectivity index (χ1) is 12.7. The topological polar surface area (TPSA) is 87.3 Å². The van der Waals surface area contributed by atoms with E-state index in [0.29, 0.717) is 16.4 Å². The second-order valence-corrected chi connectivity index (χ2v) is 7.02. The van der Waals surface area contributed by atoms with E-state index in [0.717, 1.165) is 5.56 Å². The summed E-state index contributed by atoms with van der Waals surface area (Å²) in [5.74, 6) is -1.02. The third-order valence-corrected chi connectivity index (χ3v) is 4.36. The summed E-state index contributed by atoms with van der Waals surface area (Å²) in [5.41, 5.74) is 0.646. The zero-order valence-corrected chi connectivity index (χ0v) is 16.2. The van der Waals surface area contributed by atoms with E-state index >= 15 is 0 Å². The molecule has 0 saturated heterocycles. The number of halogens is 1. The molecule has 0 atom stereocenters. The summed E-state index contributed by atoms with van der Waals surface area (Å²) in [4.78, 5) is 36.1. The molecule has 142 valence electrons. The zero-order chi connectivity index (χ0) is 20.0. The summed E-state index contributed by atoms with van der Waals surface area (Å²) in [7, 11) is 0. The standard InChI is InChI=1S/C20H22ClN3O3/c1-13(25)23-15-8-10-16(11-9-15)24-19(27)20(2,3)18(26)22-12-14-6-4-5-7-17(14)21/h4-11H,12H2,1-3H3,(H,22,26)(H,23,25)(H,24,27). The van der Waals surface area contributed by atoms with Crippen molar-refractivity contribution >= 4 is 40.7 Å². The van der Waals surface area contributed by atoms with E-state index < -0.39 is 17.2 Å². The van der Waals surface area contributed by atoms with Crippen molar-refractivity contribution in [3.63, 3.8) is 0 Å². The molecule has 2 aromatic rings. The maximum absolute atomic E-state index is 12.5. The number of hydrogen-bond donors (Lipinski definition) is 3. The number of carbonyl (C=O) groups is 3. The number of hydrogen-bond acceptors (Lipinski definition) is 3. The lowest BCUT2D eigenvalue weighted by Gasteiger charge is -2.23. The summed E-state index contributed by atoms with van der Waals surface area (Å²) in [6.45, 7) is 4.76. The van der Waals surface area contributed by atoms with Gasteiger partial charge >= 0.3 is 0 Å². The van der Waals surface area contributed by atoms with Gasteiger partial charge in [0.15, 0.2) is 0 Å². The van der Waals surface area contributed by atoms with Crippen molar-refractivity contribution in [2.75, 3.05) is 10.6 Å². The Morgan fingerprint density at radius 2 is 1.44 bits per heavy atom. The molecular formula is C20H22ClN3O3. The molecule has 0 bridgehead atoms. The second kappa shape index (κ2) is 8.68. The Bertz CT molecular complexity index is 848. The van der Waals surface area contributed by atoms with Gasteiger partial charge < -0.3 is 16.0 Å². The van der Waals surface area contributed by atoms with E-state index in [9.17, 15) is 14.4 Å². The first-order valence-corrected chi connectivity index (χ1v) is 8.79. The molecule has 0 aromatic heterocycles. The maximum Gasteiger partial charge on any atom is 0.239 e. The molecule has 0 aliphatic rings. The van der Waals surface area contributed by atoms with Crippen molar-refractivity contribution in [1.82, 2.24) is 5.32 Å². The smallest absolute Gasteiger partial charge is 0.239 e. The molecule has 7 heteroatoms. The van der Waals surface area contributed by atoms with Crippen LogP contribution < -0.4 is 16.0 Å². The fourth-order valence-electron chi connectivity index (χ4n) is 2.27. The van der Waals surface area contributed by atoms with Gasteiger partial charge in [0.2, 0.25) is 17.7 Å². The van der Waals surface area contributed by atoms with Gasteiger partial charge in [0.05, 0.1) is 0 Å². The molecule has 0 saturated carbocycles. The van der Waals surface area contributed by atoms with Crippen molar-refractivity contribution in [2.45, 2.75) is 27.3 Å². The average Bonchev–Trinajstić information content (AvgIpc) is 2.61. The molecule has 0 radical (unpaired) electrons. The van der Waals surface area contributed by atoms with E-state index in [2.05, 4.69) is 16.0 Å². The van der Waals surface area contributed by atoms with Gasteiger partial charge in [-0.15, -0.1) is 0 Å².